The summed E-state index contributed by atoms with van der Waals surface area (Å²) in [5.74, 6) is 0.135. The van der Waals surface area contributed by atoms with E-state index >= 15 is 0 Å². The fourth-order valence-electron chi connectivity index (χ4n) is 2.54. The van der Waals surface area contributed by atoms with Crippen LogP contribution in [0.15, 0.2) is 24.3 Å². The zero-order valence-electron chi connectivity index (χ0n) is 13.8. The fraction of sp³-hybridized carbons (Fsp3) is 0.556. The second-order valence-corrected chi connectivity index (χ2v) is 5.84. The number of benzene rings is 1. The monoisotopic (exact) mass is 318 g/mol. The number of nitrogens with one attached hydrogen (secondary N) is 1. The summed E-state index contributed by atoms with van der Waals surface area (Å²) in [6.07, 6.45) is 3.73. The first kappa shape index (κ1) is 17.5. The minimum absolute atomic E-state index is 0.0449. The normalized spacial score (nSPS) is 14.6. The average molecular weight is 318 g/mol. The molecular weight excluding hydrogens is 292 g/mol. The van der Waals surface area contributed by atoms with Gasteiger partial charge in [0.15, 0.2) is 0 Å². The van der Waals surface area contributed by atoms with E-state index in [-0.39, 0.29) is 11.8 Å². The third-order valence-corrected chi connectivity index (χ3v) is 4.00. The molecule has 0 saturated carbocycles. The van der Waals surface area contributed by atoms with Gasteiger partial charge in [-0.05, 0) is 24.1 Å². The van der Waals surface area contributed by atoms with E-state index in [0.717, 1.165) is 24.8 Å². The van der Waals surface area contributed by atoms with Crippen molar-refractivity contribution in [1.29, 1.82) is 0 Å². The van der Waals surface area contributed by atoms with E-state index in [1.807, 2.05) is 29.2 Å². The van der Waals surface area contributed by atoms with Crippen LogP contribution in [0, 0.1) is 0 Å². The van der Waals surface area contributed by atoms with Crippen LogP contribution in [0.5, 0.6) is 0 Å². The molecule has 0 spiro atoms. The molecular formula is C18H26N2O3. The molecule has 0 aliphatic carbocycles. The third kappa shape index (κ3) is 5.67. The number of hydrogen-bond acceptors (Lipinski definition) is 3. The van der Waals surface area contributed by atoms with Gasteiger partial charge in [-0.2, -0.15) is 0 Å². The second kappa shape index (κ2) is 9.30. The summed E-state index contributed by atoms with van der Waals surface area (Å²) in [5, 5.41) is 2.92. The molecule has 0 bridgehead atoms. The van der Waals surface area contributed by atoms with Gasteiger partial charge in [-0.15, -0.1) is 0 Å². The van der Waals surface area contributed by atoms with Crippen molar-refractivity contribution in [3.05, 3.63) is 35.4 Å². The average Bonchev–Trinajstić information content (AvgIpc) is 2.61. The largest absolute Gasteiger partial charge is 0.378 e. The Balaban J connectivity index is 1.79. The predicted molar refractivity (Wildman–Crippen MR) is 89.2 cm³/mol. The molecule has 2 amide bonds. The minimum Gasteiger partial charge on any atom is -0.378 e. The smallest absolute Gasteiger partial charge is 0.254 e. The van der Waals surface area contributed by atoms with Crippen LogP contribution in [0.3, 0.4) is 0 Å². The highest BCUT2D eigenvalue weighted by atomic mass is 16.5. The molecule has 1 aromatic rings. The minimum atomic E-state index is 0.0449. The van der Waals surface area contributed by atoms with E-state index < -0.39 is 0 Å². The van der Waals surface area contributed by atoms with E-state index in [2.05, 4.69) is 12.2 Å². The van der Waals surface area contributed by atoms with Crippen molar-refractivity contribution in [2.24, 2.45) is 0 Å². The number of hydrogen-bond donors (Lipinski definition) is 1. The quantitative estimate of drug-likeness (QED) is 0.785. The Morgan fingerprint density at radius 2 is 1.83 bits per heavy atom. The zero-order chi connectivity index (χ0) is 16.5. The molecule has 1 aliphatic heterocycles. The van der Waals surface area contributed by atoms with E-state index in [4.69, 9.17) is 4.74 Å². The number of rotatable bonds is 7. The Kier molecular flexibility index (Phi) is 7.07. The van der Waals surface area contributed by atoms with E-state index in [9.17, 15) is 9.59 Å². The molecule has 0 unspecified atom stereocenters. The Morgan fingerprint density at radius 3 is 2.48 bits per heavy atom. The number of nitrogens with zero attached hydrogens (tertiary/aromatic N) is 1. The number of morpholine rings is 1. The molecule has 5 nitrogen and oxygen atoms in total. The van der Waals surface area contributed by atoms with Gasteiger partial charge in [-0.3, -0.25) is 9.59 Å². The third-order valence-electron chi connectivity index (χ3n) is 4.00. The van der Waals surface area contributed by atoms with E-state index in [1.165, 1.54) is 0 Å². The number of unbranched alkanes of at least 4 members (excludes halogenated alkanes) is 2. The van der Waals surface area contributed by atoms with Gasteiger partial charge in [0.2, 0.25) is 5.91 Å². The maximum absolute atomic E-state index is 12.3. The molecule has 0 atom stereocenters. The maximum atomic E-state index is 12.3. The summed E-state index contributed by atoms with van der Waals surface area (Å²) < 4.78 is 5.26. The molecule has 1 aliphatic rings. The highest BCUT2D eigenvalue weighted by Gasteiger charge is 2.18. The lowest BCUT2D eigenvalue weighted by Gasteiger charge is -2.26. The molecule has 1 N–H and O–H groups in total. The number of ether oxygens (including phenoxy) is 1. The molecule has 1 fully saturated rings. The Labute approximate surface area is 138 Å². The topological polar surface area (TPSA) is 58.6 Å². The maximum Gasteiger partial charge on any atom is 0.254 e. The van der Waals surface area contributed by atoms with Crippen LogP contribution in [0.4, 0.5) is 0 Å². The van der Waals surface area contributed by atoms with Gasteiger partial charge in [-0.1, -0.05) is 31.9 Å². The highest BCUT2D eigenvalue weighted by Crippen LogP contribution is 2.10. The molecule has 2 rings (SSSR count). The standard InChI is InChI=1S/C18H26N2O3/c1-2-3-4-5-17(21)19-14-15-6-8-16(9-7-15)18(22)20-10-12-23-13-11-20/h6-9H,2-5,10-14H2,1H3,(H,19,21). The Bertz CT molecular complexity index is 508. The first-order chi connectivity index (χ1) is 11.2. The van der Waals surface area contributed by atoms with Crippen LogP contribution in [0.25, 0.3) is 0 Å². The molecule has 126 valence electrons. The summed E-state index contributed by atoms with van der Waals surface area (Å²) in [7, 11) is 0. The SMILES string of the molecule is CCCCCC(=O)NCc1ccc(C(=O)N2CCOCC2)cc1. The fourth-order valence-corrected chi connectivity index (χ4v) is 2.54. The predicted octanol–water partition coefficient (Wildman–Crippen LogP) is 2.36. The van der Waals surface area contributed by atoms with Crippen molar-refractivity contribution in [1.82, 2.24) is 10.2 Å². The molecule has 0 aromatic heterocycles. The van der Waals surface area contributed by atoms with Crippen LogP contribution in [-0.4, -0.2) is 43.0 Å². The molecule has 1 saturated heterocycles. The summed E-state index contributed by atoms with van der Waals surface area (Å²) >= 11 is 0. The van der Waals surface area contributed by atoms with Crippen molar-refractivity contribution in [3.63, 3.8) is 0 Å². The van der Waals surface area contributed by atoms with Gasteiger partial charge in [0.1, 0.15) is 0 Å². The molecule has 1 aromatic carbocycles. The molecule has 0 radical (unpaired) electrons. The van der Waals surface area contributed by atoms with Crippen molar-refractivity contribution >= 4 is 11.8 Å². The van der Waals surface area contributed by atoms with Gasteiger partial charge in [-0.25, -0.2) is 0 Å². The lowest BCUT2D eigenvalue weighted by Crippen LogP contribution is -2.40. The van der Waals surface area contributed by atoms with Crippen molar-refractivity contribution < 1.29 is 14.3 Å². The number of carbonyl (C=O) groups excluding carboxylic acids is 2. The molecule has 5 heteroatoms. The van der Waals surface area contributed by atoms with Gasteiger partial charge in [0.05, 0.1) is 13.2 Å². The van der Waals surface area contributed by atoms with Gasteiger partial charge < -0.3 is 15.0 Å². The van der Waals surface area contributed by atoms with Crippen LogP contribution in [-0.2, 0) is 16.1 Å². The summed E-state index contributed by atoms with van der Waals surface area (Å²) in [4.78, 5) is 25.8. The van der Waals surface area contributed by atoms with Crippen molar-refractivity contribution in [2.75, 3.05) is 26.3 Å². The Morgan fingerprint density at radius 1 is 1.13 bits per heavy atom. The van der Waals surface area contributed by atoms with Gasteiger partial charge in [0, 0.05) is 31.6 Å². The van der Waals surface area contributed by atoms with E-state index in [0.29, 0.717) is 44.8 Å². The van der Waals surface area contributed by atoms with Crippen molar-refractivity contribution in [3.8, 4) is 0 Å². The number of amides is 2. The first-order valence-corrected chi connectivity index (χ1v) is 8.43. The second-order valence-electron chi connectivity index (χ2n) is 5.84. The highest BCUT2D eigenvalue weighted by molar-refractivity contribution is 5.94. The van der Waals surface area contributed by atoms with Crippen molar-refractivity contribution in [2.45, 2.75) is 39.2 Å². The van der Waals surface area contributed by atoms with E-state index in [1.54, 1.807) is 0 Å². The first-order valence-electron chi connectivity index (χ1n) is 8.43. The van der Waals surface area contributed by atoms with Crippen LogP contribution in [0.2, 0.25) is 0 Å². The van der Waals surface area contributed by atoms with Gasteiger partial charge in [0.25, 0.3) is 5.91 Å². The number of carbonyl (C=O) groups is 2. The molecule has 1 heterocycles. The zero-order valence-corrected chi connectivity index (χ0v) is 13.8. The lowest BCUT2D eigenvalue weighted by atomic mass is 10.1. The van der Waals surface area contributed by atoms with Crippen LogP contribution < -0.4 is 5.32 Å². The lowest BCUT2D eigenvalue weighted by molar-refractivity contribution is -0.121. The Hall–Kier alpha value is -1.88. The summed E-state index contributed by atoms with van der Waals surface area (Å²) in [6.45, 7) is 5.14. The summed E-state index contributed by atoms with van der Waals surface area (Å²) in [6, 6.07) is 7.47. The summed E-state index contributed by atoms with van der Waals surface area (Å²) in [5.41, 5.74) is 1.69. The van der Waals surface area contributed by atoms with Gasteiger partial charge >= 0.3 is 0 Å². The van der Waals surface area contributed by atoms with Crippen LogP contribution in [0.1, 0.15) is 48.5 Å². The van der Waals surface area contributed by atoms with Crippen LogP contribution >= 0.6 is 0 Å². The molecule has 23 heavy (non-hydrogen) atoms.